The molecule has 0 bridgehead atoms. The highest BCUT2D eigenvalue weighted by molar-refractivity contribution is 9.10. The minimum atomic E-state index is -0.496. The molecule has 0 N–H and O–H groups in total. The van der Waals surface area contributed by atoms with E-state index in [4.69, 9.17) is 4.74 Å². The molecule has 160 valence electrons. The molecule has 0 unspecified atom stereocenters. The molecule has 1 fully saturated rings. The molecule has 0 spiro atoms. The van der Waals surface area contributed by atoms with Gasteiger partial charge in [0, 0.05) is 54.2 Å². The first-order valence-corrected chi connectivity index (χ1v) is 10.8. The van der Waals surface area contributed by atoms with Crippen LogP contribution in [0, 0.1) is 11.3 Å². The zero-order chi connectivity index (χ0) is 22.2. The number of amides is 1. The van der Waals surface area contributed by atoms with Crippen LogP contribution in [-0.2, 0) is 4.74 Å². The van der Waals surface area contributed by atoms with E-state index in [9.17, 15) is 10.1 Å². The maximum atomic E-state index is 12.3. The van der Waals surface area contributed by atoms with Crippen LogP contribution in [0.1, 0.15) is 26.3 Å². The monoisotopic (exact) mass is 482 g/mol. The number of rotatable bonds is 2. The molecule has 3 aromatic rings. The van der Waals surface area contributed by atoms with Crippen molar-refractivity contribution >= 4 is 33.4 Å². The van der Waals surface area contributed by atoms with Gasteiger partial charge in [0.15, 0.2) is 0 Å². The van der Waals surface area contributed by atoms with E-state index in [1.54, 1.807) is 15.6 Å². The Balaban J connectivity index is 1.50. The van der Waals surface area contributed by atoms with Crippen LogP contribution in [0.25, 0.3) is 16.6 Å². The molecule has 1 aliphatic heterocycles. The smallest absolute Gasteiger partial charge is 0.410 e. The number of ether oxygens (including phenoxy) is 1. The van der Waals surface area contributed by atoms with Crippen molar-refractivity contribution < 1.29 is 9.53 Å². The summed E-state index contributed by atoms with van der Waals surface area (Å²) in [6.45, 7) is 8.17. The third kappa shape index (κ3) is 4.49. The predicted octanol–water partition coefficient (Wildman–Crippen LogP) is 4.09. The Bertz CT molecular complexity index is 1150. The van der Waals surface area contributed by atoms with Crippen LogP contribution in [0.5, 0.6) is 0 Å². The second kappa shape index (κ2) is 8.19. The number of carbonyl (C=O) groups is 1. The fourth-order valence-corrected chi connectivity index (χ4v) is 3.99. The van der Waals surface area contributed by atoms with Crippen molar-refractivity contribution in [1.29, 1.82) is 5.26 Å². The van der Waals surface area contributed by atoms with Crippen LogP contribution in [-0.4, -0.2) is 57.4 Å². The predicted molar refractivity (Wildman–Crippen MR) is 121 cm³/mol. The average molecular weight is 483 g/mol. The minimum absolute atomic E-state index is 0.275. The third-order valence-corrected chi connectivity index (χ3v) is 5.45. The van der Waals surface area contributed by atoms with Crippen LogP contribution in [0.3, 0.4) is 0 Å². The Labute approximate surface area is 189 Å². The van der Waals surface area contributed by atoms with Crippen LogP contribution in [0.4, 0.5) is 10.6 Å². The van der Waals surface area contributed by atoms with E-state index in [-0.39, 0.29) is 6.09 Å². The number of anilines is 1. The zero-order valence-electron chi connectivity index (χ0n) is 17.7. The summed E-state index contributed by atoms with van der Waals surface area (Å²) in [5.41, 5.74) is 2.57. The molecule has 9 heteroatoms. The molecular weight excluding hydrogens is 460 g/mol. The molecule has 0 aliphatic carbocycles. The topological polar surface area (TPSA) is 86.8 Å². The fraction of sp³-hybridized carbons (Fsp3) is 0.364. The number of nitrogens with zero attached hydrogens (tertiary/aromatic N) is 6. The van der Waals surface area contributed by atoms with Crippen molar-refractivity contribution in [3.63, 3.8) is 0 Å². The molecule has 0 radical (unpaired) electrons. The largest absolute Gasteiger partial charge is 0.444 e. The van der Waals surface area contributed by atoms with Gasteiger partial charge in [0.1, 0.15) is 17.5 Å². The van der Waals surface area contributed by atoms with Gasteiger partial charge >= 0.3 is 6.09 Å². The highest BCUT2D eigenvalue weighted by Crippen LogP contribution is 2.30. The normalized spacial score (nSPS) is 14.5. The summed E-state index contributed by atoms with van der Waals surface area (Å²) in [5.74, 6) is 0.854. The van der Waals surface area contributed by atoms with Crippen molar-refractivity contribution in [3.8, 4) is 17.2 Å². The maximum Gasteiger partial charge on any atom is 0.410 e. The minimum Gasteiger partial charge on any atom is -0.444 e. The van der Waals surface area contributed by atoms with Crippen molar-refractivity contribution in [2.24, 2.45) is 0 Å². The first-order valence-electron chi connectivity index (χ1n) is 10.0. The summed E-state index contributed by atoms with van der Waals surface area (Å²) in [5, 5.41) is 13.7. The molecule has 0 atom stereocenters. The number of aromatic nitrogens is 3. The second-order valence-corrected chi connectivity index (χ2v) is 9.31. The number of fused-ring (bicyclic) bond motifs is 1. The van der Waals surface area contributed by atoms with Crippen LogP contribution in [0.15, 0.2) is 41.3 Å². The summed E-state index contributed by atoms with van der Waals surface area (Å²) in [6.07, 6.45) is 4.93. The second-order valence-electron chi connectivity index (χ2n) is 8.39. The average Bonchev–Trinajstić information content (AvgIpc) is 3.15. The van der Waals surface area contributed by atoms with Gasteiger partial charge in [-0.15, -0.1) is 0 Å². The summed E-state index contributed by atoms with van der Waals surface area (Å²) in [7, 11) is 0. The lowest BCUT2D eigenvalue weighted by molar-refractivity contribution is 0.0240. The molecule has 0 saturated carbocycles. The van der Waals surface area contributed by atoms with Gasteiger partial charge in [-0.2, -0.15) is 10.4 Å². The summed E-state index contributed by atoms with van der Waals surface area (Å²) in [6, 6.07) is 8.14. The lowest BCUT2D eigenvalue weighted by atomic mass is 10.1. The molecule has 4 heterocycles. The number of hydrogen-bond acceptors (Lipinski definition) is 6. The summed E-state index contributed by atoms with van der Waals surface area (Å²) < 4.78 is 8.02. The van der Waals surface area contributed by atoms with Gasteiger partial charge in [0.25, 0.3) is 0 Å². The van der Waals surface area contributed by atoms with Gasteiger partial charge in [-0.3, -0.25) is 0 Å². The van der Waals surface area contributed by atoms with Crippen molar-refractivity contribution in [3.05, 3.63) is 46.8 Å². The highest BCUT2D eigenvalue weighted by Gasteiger charge is 2.26. The standard InChI is InChI=1S/C22H23BrN6O2/c1-22(2,3)31-21(30)28-8-6-27(7-9-28)19-5-4-15(12-25-19)18-10-17(23)14-29-20(18)16(11-24)13-26-29/h4-5,10,12-14H,6-9H2,1-3H3. The first-order chi connectivity index (χ1) is 14.7. The Morgan fingerprint density at radius 3 is 2.55 bits per heavy atom. The number of piperazine rings is 1. The SMILES string of the molecule is CC(C)(C)OC(=O)N1CCN(c2ccc(-c3cc(Br)cn4ncc(C#N)c34)cn2)CC1. The van der Waals surface area contributed by atoms with Gasteiger partial charge in [-0.25, -0.2) is 14.3 Å². The van der Waals surface area contributed by atoms with Gasteiger partial charge in [-0.05, 0) is 54.9 Å². The zero-order valence-corrected chi connectivity index (χ0v) is 19.3. The van der Waals surface area contributed by atoms with Gasteiger partial charge < -0.3 is 14.5 Å². The van der Waals surface area contributed by atoms with Crippen LogP contribution in [0.2, 0.25) is 0 Å². The highest BCUT2D eigenvalue weighted by atomic mass is 79.9. The van der Waals surface area contributed by atoms with E-state index < -0.39 is 5.60 Å². The first kappa shape index (κ1) is 21.1. The van der Waals surface area contributed by atoms with Crippen LogP contribution >= 0.6 is 15.9 Å². The van der Waals surface area contributed by atoms with E-state index in [2.05, 4.69) is 37.0 Å². The maximum absolute atomic E-state index is 12.3. The van der Waals surface area contributed by atoms with Crippen molar-refractivity contribution in [1.82, 2.24) is 19.5 Å². The Morgan fingerprint density at radius 2 is 1.94 bits per heavy atom. The van der Waals surface area contributed by atoms with Crippen LogP contribution < -0.4 is 4.90 Å². The van der Waals surface area contributed by atoms with E-state index >= 15 is 0 Å². The molecule has 4 rings (SSSR count). The van der Waals surface area contributed by atoms with Gasteiger partial charge in [0.2, 0.25) is 0 Å². The number of hydrogen-bond donors (Lipinski definition) is 0. The third-order valence-electron chi connectivity index (χ3n) is 5.01. The van der Waals surface area contributed by atoms with E-state index in [0.717, 1.165) is 26.9 Å². The number of nitriles is 1. The number of halogens is 1. The number of pyridine rings is 2. The van der Waals surface area contributed by atoms with E-state index in [1.165, 1.54) is 0 Å². The van der Waals surface area contributed by atoms with Crippen molar-refractivity contribution in [2.45, 2.75) is 26.4 Å². The Hall–Kier alpha value is -3.12. The molecular formula is C22H23BrN6O2. The lowest BCUT2D eigenvalue weighted by Gasteiger charge is -2.36. The molecule has 31 heavy (non-hydrogen) atoms. The molecule has 3 aromatic heterocycles. The summed E-state index contributed by atoms with van der Waals surface area (Å²) in [4.78, 5) is 20.8. The quantitative estimate of drug-likeness (QED) is 0.546. The van der Waals surface area contributed by atoms with Gasteiger partial charge in [-0.1, -0.05) is 0 Å². The molecule has 1 saturated heterocycles. The van der Waals surface area contributed by atoms with Crippen molar-refractivity contribution in [2.75, 3.05) is 31.1 Å². The Kier molecular flexibility index (Phi) is 5.58. The molecule has 1 aliphatic rings. The summed E-state index contributed by atoms with van der Waals surface area (Å²) >= 11 is 3.51. The molecule has 1 amide bonds. The lowest BCUT2D eigenvalue weighted by Crippen LogP contribution is -2.50. The number of carbonyl (C=O) groups excluding carboxylic acids is 1. The Morgan fingerprint density at radius 1 is 1.19 bits per heavy atom. The van der Waals surface area contributed by atoms with E-state index in [1.807, 2.05) is 51.4 Å². The molecule has 8 nitrogen and oxygen atoms in total. The van der Waals surface area contributed by atoms with E-state index in [0.29, 0.717) is 31.7 Å². The molecule has 0 aromatic carbocycles. The fourth-order valence-electron chi connectivity index (χ4n) is 3.57. The van der Waals surface area contributed by atoms with Gasteiger partial charge in [0.05, 0.1) is 17.3 Å².